The number of rotatable bonds is 3. The fraction of sp³-hybridized carbons (Fsp3) is 0.529. The second-order valence-corrected chi connectivity index (χ2v) is 5.88. The molecule has 0 aliphatic heterocycles. The van der Waals surface area contributed by atoms with Crippen LogP contribution in [0.5, 0.6) is 0 Å². The summed E-state index contributed by atoms with van der Waals surface area (Å²) in [5, 5.41) is 10.7. The van der Waals surface area contributed by atoms with E-state index in [-0.39, 0.29) is 12.5 Å². The summed E-state index contributed by atoms with van der Waals surface area (Å²) in [6.45, 7) is 2.31. The zero-order valence-electron chi connectivity index (χ0n) is 11.7. The van der Waals surface area contributed by atoms with Crippen LogP contribution >= 0.6 is 0 Å². The SMILES string of the molecule is CC(CO)c1cccc2c1ccn2C1CCCCC1. The highest BCUT2D eigenvalue weighted by Crippen LogP contribution is 2.33. The molecule has 1 atom stereocenters. The van der Waals surface area contributed by atoms with Crippen LogP contribution in [0.1, 0.15) is 56.6 Å². The topological polar surface area (TPSA) is 25.2 Å². The highest BCUT2D eigenvalue weighted by atomic mass is 16.3. The lowest BCUT2D eigenvalue weighted by Gasteiger charge is -2.24. The Morgan fingerprint density at radius 2 is 2.00 bits per heavy atom. The van der Waals surface area contributed by atoms with Crippen molar-refractivity contribution in [3.05, 3.63) is 36.0 Å². The van der Waals surface area contributed by atoms with Crippen LogP contribution in [-0.2, 0) is 0 Å². The molecule has 2 heteroatoms. The van der Waals surface area contributed by atoms with E-state index in [9.17, 15) is 5.11 Å². The molecule has 1 aliphatic carbocycles. The van der Waals surface area contributed by atoms with Crippen LogP contribution in [-0.4, -0.2) is 16.3 Å². The minimum atomic E-state index is 0.214. The van der Waals surface area contributed by atoms with Gasteiger partial charge in [0.15, 0.2) is 0 Å². The third kappa shape index (κ3) is 2.30. The van der Waals surface area contributed by atoms with Gasteiger partial charge in [0.2, 0.25) is 0 Å². The molecule has 1 fully saturated rings. The molecule has 3 rings (SSSR count). The molecule has 1 unspecified atom stereocenters. The van der Waals surface area contributed by atoms with Gasteiger partial charge in [-0.1, -0.05) is 38.3 Å². The van der Waals surface area contributed by atoms with Crippen LogP contribution in [0.15, 0.2) is 30.5 Å². The molecule has 0 spiro atoms. The van der Waals surface area contributed by atoms with E-state index in [2.05, 4.69) is 42.0 Å². The summed E-state index contributed by atoms with van der Waals surface area (Å²) < 4.78 is 2.46. The van der Waals surface area contributed by atoms with E-state index in [4.69, 9.17) is 0 Å². The molecule has 19 heavy (non-hydrogen) atoms. The van der Waals surface area contributed by atoms with Gasteiger partial charge in [-0.2, -0.15) is 0 Å². The summed E-state index contributed by atoms with van der Waals surface area (Å²) in [5.41, 5.74) is 2.61. The van der Waals surface area contributed by atoms with E-state index in [0.29, 0.717) is 6.04 Å². The maximum Gasteiger partial charge on any atom is 0.0497 e. The maximum atomic E-state index is 9.40. The van der Waals surface area contributed by atoms with Gasteiger partial charge in [-0.25, -0.2) is 0 Å². The predicted molar refractivity (Wildman–Crippen MR) is 79.6 cm³/mol. The third-order valence-corrected chi connectivity index (χ3v) is 4.57. The Balaban J connectivity index is 2.03. The summed E-state index contributed by atoms with van der Waals surface area (Å²) in [6.07, 6.45) is 8.97. The average Bonchev–Trinajstić information content (AvgIpc) is 2.91. The number of hydrogen-bond acceptors (Lipinski definition) is 1. The van der Waals surface area contributed by atoms with E-state index in [0.717, 1.165) is 0 Å². The van der Waals surface area contributed by atoms with Gasteiger partial charge >= 0.3 is 0 Å². The van der Waals surface area contributed by atoms with Crippen molar-refractivity contribution in [3.8, 4) is 0 Å². The lowest BCUT2D eigenvalue weighted by atomic mass is 9.95. The third-order valence-electron chi connectivity index (χ3n) is 4.57. The van der Waals surface area contributed by atoms with Gasteiger partial charge in [0.1, 0.15) is 0 Å². The van der Waals surface area contributed by atoms with Crippen molar-refractivity contribution in [2.75, 3.05) is 6.61 Å². The molecule has 1 saturated carbocycles. The van der Waals surface area contributed by atoms with Gasteiger partial charge in [-0.15, -0.1) is 0 Å². The molecular formula is C17H23NO. The monoisotopic (exact) mass is 257 g/mol. The van der Waals surface area contributed by atoms with E-state index >= 15 is 0 Å². The van der Waals surface area contributed by atoms with Crippen LogP contribution in [0, 0.1) is 0 Å². The predicted octanol–water partition coefficient (Wildman–Crippen LogP) is 4.24. The second kappa shape index (κ2) is 5.38. The van der Waals surface area contributed by atoms with Gasteiger partial charge in [0.25, 0.3) is 0 Å². The molecule has 1 heterocycles. The Kier molecular flexibility index (Phi) is 3.61. The van der Waals surface area contributed by atoms with Crippen molar-refractivity contribution < 1.29 is 5.11 Å². The van der Waals surface area contributed by atoms with Crippen molar-refractivity contribution in [1.82, 2.24) is 4.57 Å². The van der Waals surface area contributed by atoms with Gasteiger partial charge in [-0.05, 0) is 30.5 Å². The number of aliphatic hydroxyl groups excluding tert-OH is 1. The average molecular weight is 257 g/mol. The lowest BCUT2D eigenvalue weighted by Crippen LogP contribution is -2.11. The van der Waals surface area contributed by atoms with Gasteiger partial charge in [-0.3, -0.25) is 0 Å². The molecule has 2 nitrogen and oxygen atoms in total. The first-order chi connectivity index (χ1) is 9.31. The summed E-state index contributed by atoms with van der Waals surface area (Å²) in [4.78, 5) is 0. The standard InChI is InChI=1S/C17H23NO/c1-13(12-19)15-8-5-9-17-16(15)10-11-18(17)14-6-3-2-4-7-14/h5,8-11,13-14,19H,2-4,6-7,12H2,1H3. The van der Waals surface area contributed by atoms with Gasteiger partial charge in [0, 0.05) is 35.7 Å². The van der Waals surface area contributed by atoms with Crippen LogP contribution < -0.4 is 0 Å². The molecular weight excluding hydrogens is 234 g/mol. The molecule has 102 valence electrons. The molecule has 1 aromatic carbocycles. The normalized spacial score (nSPS) is 18.8. The number of aromatic nitrogens is 1. The van der Waals surface area contributed by atoms with E-state index in [1.807, 2.05) is 0 Å². The fourth-order valence-electron chi connectivity index (χ4n) is 3.42. The molecule has 0 saturated heterocycles. The molecule has 0 amide bonds. The second-order valence-electron chi connectivity index (χ2n) is 5.88. The minimum absolute atomic E-state index is 0.214. The minimum Gasteiger partial charge on any atom is -0.396 e. The maximum absolute atomic E-state index is 9.40. The molecule has 1 aliphatic rings. The first-order valence-electron chi connectivity index (χ1n) is 7.51. The summed E-state index contributed by atoms with van der Waals surface area (Å²) in [6, 6.07) is 9.39. The van der Waals surface area contributed by atoms with Crippen molar-refractivity contribution in [3.63, 3.8) is 0 Å². The smallest absolute Gasteiger partial charge is 0.0497 e. The van der Waals surface area contributed by atoms with Crippen LogP contribution in [0.3, 0.4) is 0 Å². The van der Waals surface area contributed by atoms with Crippen molar-refractivity contribution in [2.24, 2.45) is 0 Å². The number of benzene rings is 1. The first kappa shape index (κ1) is 12.7. The molecule has 1 aromatic heterocycles. The Hall–Kier alpha value is -1.28. The molecule has 1 N–H and O–H groups in total. The van der Waals surface area contributed by atoms with Gasteiger partial charge < -0.3 is 9.67 Å². The highest BCUT2D eigenvalue weighted by Gasteiger charge is 2.18. The lowest BCUT2D eigenvalue weighted by molar-refractivity contribution is 0.273. The Bertz CT molecular complexity index is 551. The first-order valence-corrected chi connectivity index (χ1v) is 7.51. The number of nitrogens with zero attached hydrogens (tertiary/aromatic N) is 1. The van der Waals surface area contributed by atoms with E-state index in [1.165, 1.54) is 48.6 Å². The fourth-order valence-corrected chi connectivity index (χ4v) is 3.42. The van der Waals surface area contributed by atoms with Crippen LogP contribution in [0.2, 0.25) is 0 Å². The van der Waals surface area contributed by atoms with Crippen molar-refractivity contribution in [2.45, 2.75) is 51.0 Å². The quantitative estimate of drug-likeness (QED) is 0.874. The van der Waals surface area contributed by atoms with E-state index < -0.39 is 0 Å². The summed E-state index contributed by atoms with van der Waals surface area (Å²) in [7, 11) is 0. The molecule has 2 aromatic rings. The Labute approximate surface area is 115 Å². The van der Waals surface area contributed by atoms with Crippen LogP contribution in [0.4, 0.5) is 0 Å². The Morgan fingerprint density at radius 3 is 2.74 bits per heavy atom. The zero-order valence-corrected chi connectivity index (χ0v) is 11.7. The largest absolute Gasteiger partial charge is 0.396 e. The summed E-state index contributed by atoms with van der Waals surface area (Å²) in [5.74, 6) is 0.214. The van der Waals surface area contributed by atoms with Gasteiger partial charge in [0.05, 0.1) is 0 Å². The summed E-state index contributed by atoms with van der Waals surface area (Å²) >= 11 is 0. The van der Waals surface area contributed by atoms with Crippen molar-refractivity contribution >= 4 is 10.9 Å². The number of aliphatic hydroxyl groups is 1. The van der Waals surface area contributed by atoms with Crippen molar-refractivity contribution in [1.29, 1.82) is 0 Å². The molecule has 0 bridgehead atoms. The zero-order chi connectivity index (χ0) is 13.2. The Morgan fingerprint density at radius 1 is 1.21 bits per heavy atom. The molecule has 0 radical (unpaired) electrons. The van der Waals surface area contributed by atoms with Crippen LogP contribution in [0.25, 0.3) is 10.9 Å². The number of fused-ring (bicyclic) bond motifs is 1. The number of hydrogen-bond donors (Lipinski definition) is 1. The highest BCUT2D eigenvalue weighted by molar-refractivity contribution is 5.84. The van der Waals surface area contributed by atoms with E-state index in [1.54, 1.807) is 0 Å².